The smallest absolute Gasteiger partial charge is 0.382 e. The van der Waals surface area contributed by atoms with Crippen molar-refractivity contribution >= 4 is 49.6 Å². The number of aromatic nitrogens is 8. The Morgan fingerprint density at radius 3 is 1.68 bits per heavy atom. The predicted molar refractivity (Wildman–Crippen MR) is 208 cm³/mol. The summed E-state index contributed by atoms with van der Waals surface area (Å²) < 4.78 is 103. The summed E-state index contributed by atoms with van der Waals surface area (Å²) >= 11 is 0. The molecule has 10 N–H and O–H groups in total. The van der Waals surface area contributed by atoms with Crippen LogP contribution in [0.4, 0.5) is 11.6 Å². The van der Waals surface area contributed by atoms with Crippen molar-refractivity contribution in [2.45, 2.75) is 49.3 Å². The van der Waals surface area contributed by atoms with Gasteiger partial charge in [0.1, 0.15) is 61.7 Å². The van der Waals surface area contributed by atoms with E-state index in [0.29, 0.717) is 26.3 Å². The zero-order valence-electron chi connectivity index (χ0n) is 33.5. The van der Waals surface area contributed by atoms with Crippen LogP contribution in [0.25, 0.3) is 22.3 Å². The number of imidazole rings is 2. The molecule has 0 saturated carbocycles. The summed E-state index contributed by atoms with van der Waals surface area (Å²) in [5.41, 5.74) is 23.8. The Morgan fingerprint density at radius 1 is 0.661 bits per heavy atom. The standard InChI is InChI=1S/C31H50N12O17P2/c1-48-31-24(23(55-17-53-10-8-51-6-4-33)30(58-31)43-15-41-20-26(35)37-13-39-28(20)43)60-62(46,47)56-11-18-21(59-61(44,45)49-2)22(54-16-52-9-7-50-5-3-32)29(57-18)42-14-40-19-25(34)36-12-38-27(19)42/h12-15,18,21-24,29-31H,3-11,16-17,32-33H2,1-2H3,(H,44,45)(H,46,47)(H2,34,36,38)(H2,35,37,39)/t18-,21+,22?,23?,24-,29-,30-,31+/m1/s1. The molecule has 4 aromatic heterocycles. The molecule has 0 radical (unpaired) electrons. The number of nitrogen functional groups attached to an aromatic ring is 2. The molecule has 2 aliphatic rings. The first-order valence-electron chi connectivity index (χ1n) is 18.8. The van der Waals surface area contributed by atoms with Crippen LogP contribution in [0.3, 0.4) is 0 Å². The number of ether oxygens (including phenoxy) is 9. The van der Waals surface area contributed by atoms with E-state index in [-0.39, 0.29) is 67.2 Å². The van der Waals surface area contributed by atoms with Crippen LogP contribution in [0.15, 0.2) is 25.3 Å². The van der Waals surface area contributed by atoms with Crippen molar-refractivity contribution in [3.8, 4) is 0 Å². The van der Waals surface area contributed by atoms with Gasteiger partial charge in [0.2, 0.25) is 0 Å². The van der Waals surface area contributed by atoms with Crippen LogP contribution in [-0.4, -0.2) is 173 Å². The molecule has 2 fully saturated rings. The predicted octanol–water partition coefficient (Wildman–Crippen LogP) is -1.47. The normalized spacial score (nSPS) is 26.1. The highest BCUT2D eigenvalue weighted by Gasteiger charge is 2.54. The van der Waals surface area contributed by atoms with Gasteiger partial charge < -0.3 is 75.4 Å². The number of rotatable bonds is 27. The summed E-state index contributed by atoms with van der Waals surface area (Å²) in [6, 6.07) is 0. The zero-order chi connectivity index (χ0) is 44.3. The number of nitrogens with zero attached hydrogens (tertiary/aromatic N) is 8. The monoisotopic (exact) mass is 924 g/mol. The molecular weight excluding hydrogens is 874 g/mol. The second-order valence-corrected chi connectivity index (χ2v) is 16.0. The lowest BCUT2D eigenvalue weighted by Crippen LogP contribution is -2.39. The molecule has 31 heteroatoms. The first-order valence-corrected chi connectivity index (χ1v) is 21.8. The SMILES string of the molecule is CO[C@H]1O[C@@H](n2cnc3c(N)ncnc32)C(OCOCCOCCN)[C@H]1OP(=O)(O)OC[C@H]1O[C@@H](n2cnc3c(N)ncnc32)C(OCOCCOCCN)[C@H]1OP(=O)(O)OC. The third kappa shape index (κ3) is 11.8. The minimum absolute atomic E-state index is 0.0480. The second kappa shape index (κ2) is 22.4. The van der Waals surface area contributed by atoms with Crippen molar-refractivity contribution in [3.63, 3.8) is 0 Å². The van der Waals surface area contributed by atoms with Crippen LogP contribution >= 0.6 is 15.6 Å². The fraction of sp³-hybridized carbons (Fsp3) is 0.677. The average molecular weight is 925 g/mol. The minimum atomic E-state index is -5.19. The summed E-state index contributed by atoms with van der Waals surface area (Å²) in [5, 5.41) is 0. The fourth-order valence-corrected chi connectivity index (χ4v) is 7.89. The number of hydrogen-bond acceptors (Lipinski definition) is 25. The van der Waals surface area contributed by atoms with E-state index in [0.717, 1.165) is 7.11 Å². The van der Waals surface area contributed by atoms with Crippen molar-refractivity contribution in [2.24, 2.45) is 11.5 Å². The molecule has 0 aliphatic carbocycles. The maximum atomic E-state index is 13.9. The molecule has 6 rings (SSSR count). The van der Waals surface area contributed by atoms with Crippen LogP contribution < -0.4 is 22.9 Å². The first kappa shape index (κ1) is 47.9. The van der Waals surface area contributed by atoms with Gasteiger partial charge in [-0.2, -0.15) is 0 Å². The van der Waals surface area contributed by atoms with Crippen LogP contribution in [-0.2, 0) is 69.9 Å². The molecule has 6 heterocycles. The fourth-order valence-electron chi connectivity index (χ4n) is 6.32. The van der Waals surface area contributed by atoms with Gasteiger partial charge >= 0.3 is 15.6 Å². The van der Waals surface area contributed by atoms with Crippen LogP contribution in [0.5, 0.6) is 0 Å². The van der Waals surface area contributed by atoms with E-state index in [4.69, 9.17) is 83.7 Å². The number of anilines is 2. The van der Waals surface area contributed by atoms with E-state index in [1.807, 2.05) is 0 Å². The van der Waals surface area contributed by atoms with Crippen molar-refractivity contribution in [2.75, 3.05) is 98.6 Å². The van der Waals surface area contributed by atoms with Crippen molar-refractivity contribution in [3.05, 3.63) is 25.3 Å². The lowest BCUT2D eigenvalue weighted by atomic mass is 10.1. The Hall–Kier alpha value is -3.52. The summed E-state index contributed by atoms with van der Waals surface area (Å²) in [4.78, 5) is 46.7. The summed E-state index contributed by atoms with van der Waals surface area (Å²) in [6.07, 6.45) is -5.75. The van der Waals surface area contributed by atoms with E-state index < -0.39 is 78.3 Å². The number of fused-ring (bicyclic) bond motifs is 2. The molecule has 2 aliphatic heterocycles. The number of methoxy groups -OCH3 is 1. The van der Waals surface area contributed by atoms with Crippen molar-refractivity contribution < 1.29 is 79.6 Å². The van der Waals surface area contributed by atoms with Gasteiger partial charge in [0.05, 0.1) is 58.9 Å². The lowest BCUT2D eigenvalue weighted by molar-refractivity contribution is -0.160. The zero-order valence-corrected chi connectivity index (χ0v) is 35.3. The first-order chi connectivity index (χ1) is 29.9. The molecule has 29 nitrogen and oxygen atoms in total. The lowest BCUT2D eigenvalue weighted by Gasteiger charge is -2.27. The quantitative estimate of drug-likeness (QED) is 0.0226. The van der Waals surface area contributed by atoms with E-state index in [2.05, 4.69) is 29.9 Å². The maximum absolute atomic E-state index is 13.9. The van der Waals surface area contributed by atoms with Gasteiger partial charge in [-0.05, 0) is 0 Å². The van der Waals surface area contributed by atoms with Gasteiger partial charge in [-0.15, -0.1) is 0 Å². The molecule has 0 amide bonds. The van der Waals surface area contributed by atoms with Crippen LogP contribution in [0.1, 0.15) is 12.5 Å². The number of phosphoric ester groups is 2. The molecular formula is C31H50N12O17P2. The minimum Gasteiger partial charge on any atom is -0.382 e. The molecule has 10 atom stereocenters. The molecule has 4 unspecified atom stereocenters. The summed E-state index contributed by atoms with van der Waals surface area (Å²) in [6.45, 7) is 0.272. The Bertz CT molecular complexity index is 2120. The molecule has 346 valence electrons. The van der Waals surface area contributed by atoms with E-state index in [1.165, 1.54) is 41.6 Å². The largest absolute Gasteiger partial charge is 0.472 e. The van der Waals surface area contributed by atoms with Gasteiger partial charge in [0.15, 0.2) is 47.8 Å². The molecule has 0 spiro atoms. The highest BCUT2D eigenvalue weighted by molar-refractivity contribution is 7.47. The van der Waals surface area contributed by atoms with Gasteiger partial charge in [-0.1, -0.05) is 0 Å². The summed E-state index contributed by atoms with van der Waals surface area (Å²) in [5.74, 6) is 0.134. The Labute approximate surface area is 352 Å². The van der Waals surface area contributed by atoms with Crippen LogP contribution in [0.2, 0.25) is 0 Å². The van der Waals surface area contributed by atoms with Crippen LogP contribution in [0, 0.1) is 0 Å². The third-order valence-corrected chi connectivity index (χ3v) is 11.0. The third-order valence-electron chi connectivity index (χ3n) is 9.09. The van der Waals surface area contributed by atoms with Gasteiger partial charge in [-0.3, -0.25) is 27.2 Å². The van der Waals surface area contributed by atoms with Crippen molar-refractivity contribution in [1.82, 2.24) is 39.0 Å². The average Bonchev–Trinajstić information content (AvgIpc) is 4.03. The Kier molecular flexibility index (Phi) is 17.3. The number of nitrogens with two attached hydrogens (primary N) is 4. The molecule has 0 aromatic carbocycles. The molecule has 2 saturated heterocycles. The maximum Gasteiger partial charge on any atom is 0.472 e. The molecule has 4 aromatic rings. The second-order valence-electron chi connectivity index (χ2n) is 13.0. The van der Waals surface area contributed by atoms with Crippen molar-refractivity contribution in [1.29, 1.82) is 0 Å². The highest BCUT2D eigenvalue weighted by Crippen LogP contribution is 2.52. The Morgan fingerprint density at radius 2 is 1.16 bits per heavy atom. The topological polar surface area (TPSA) is 386 Å². The number of phosphoric acid groups is 2. The van der Waals surface area contributed by atoms with E-state index >= 15 is 0 Å². The van der Waals surface area contributed by atoms with Gasteiger partial charge in [0, 0.05) is 27.3 Å². The molecule has 62 heavy (non-hydrogen) atoms. The van der Waals surface area contributed by atoms with E-state index in [1.54, 1.807) is 0 Å². The molecule has 0 bridgehead atoms. The highest BCUT2D eigenvalue weighted by atomic mass is 31.2. The van der Waals surface area contributed by atoms with Gasteiger partial charge in [0.25, 0.3) is 0 Å². The Balaban J connectivity index is 1.23. The van der Waals surface area contributed by atoms with E-state index in [9.17, 15) is 18.9 Å². The number of hydrogen-bond donors (Lipinski definition) is 6. The van der Waals surface area contributed by atoms with Gasteiger partial charge in [-0.25, -0.2) is 39.0 Å². The summed E-state index contributed by atoms with van der Waals surface area (Å²) in [7, 11) is -7.80.